The number of hydrogen-bond donors (Lipinski definition) is 2. The maximum absolute atomic E-state index is 14.2. The van der Waals surface area contributed by atoms with Crippen LogP contribution in [0.3, 0.4) is 0 Å². The molecule has 2 heterocycles. The molecule has 2 aliphatic heterocycles. The van der Waals surface area contributed by atoms with Crippen LogP contribution in [-0.2, 0) is 14.3 Å². The van der Waals surface area contributed by atoms with Crippen molar-refractivity contribution in [2.24, 2.45) is 17.8 Å². The molecule has 0 aromatic heterocycles. The second-order valence-corrected chi connectivity index (χ2v) is 13.7. The molecule has 2 amide bonds. The molecule has 5 aromatic rings. The highest BCUT2D eigenvalue weighted by atomic mass is 16.5. The van der Waals surface area contributed by atoms with Crippen molar-refractivity contribution >= 4 is 45.7 Å². The van der Waals surface area contributed by atoms with E-state index in [1.807, 2.05) is 115 Å². The maximum atomic E-state index is 14.2. The van der Waals surface area contributed by atoms with Crippen LogP contribution in [-0.4, -0.2) is 36.2 Å². The van der Waals surface area contributed by atoms with Gasteiger partial charge in [0.05, 0.1) is 30.2 Å². The monoisotopic (exact) mass is 676 g/mol. The van der Waals surface area contributed by atoms with Crippen LogP contribution in [0.5, 0.6) is 11.5 Å². The molecule has 0 saturated carbocycles. The minimum absolute atomic E-state index is 0.154. The van der Waals surface area contributed by atoms with Crippen LogP contribution in [0.25, 0.3) is 16.8 Å². The highest BCUT2D eigenvalue weighted by Gasteiger charge is 2.57. The average molecular weight is 677 g/mol. The molecule has 7 nitrogen and oxygen atoms in total. The van der Waals surface area contributed by atoms with Crippen molar-refractivity contribution < 1.29 is 24.2 Å². The van der Waals surface area contributed by atoms with Crippen LogP contribution in [0.15, 0.2) is 138 Å². The first kappa shape index (κ1) is 32.5. The lowest BCUT2D eigenvalue weighted by Crippen LogP contribution is -2.35. The van der Waals surface area contributed by atoms with Gasteiger partial charge in [-0.15, -0.1) is 0 Å². The zero-order valence-electron chi connectivity index (χ0n) is 28.5. The zero-order valence-corrected chi connectivity index (χ0v) is 28.5. The fourth-order valence-electron chi connectivity index (χ4n) is 8.06. The van der Waals surface area contributed by atoms with E-state index in [9.17, 15) is 14.7 Å². The standard InChI is InChI=1S/C44H40N2O5/c1-28(24-29-17-22-39(47)36-15-9-8-14-35(29)36)16-23-40-41-30(26-50-34-12-6-3-7-13-34)25-37-42(38(41)27-51-40)44(49)46(43(37)48)33-20-18-32(19-21-33)45-31-10-4-2-5-11-31/h2-15,17-22,24,37-38,40,42,45,47H,16,23,25-27H2,1H3/b28-24+/t37-,38+,40-,42-/m1/s1. The number of amides is 2. The number of nitrogens with zero attached hydrogens (tertiary/aromatic N) is 1. The van der Waals surface area contributed by atoms with Crippen LogP contribution < -0.4 is 15.0 Å². The van der Waals surface area contributed by atoms with E-state index in [4.69, 9.17) is 9.47 Å². The number of phenolic OH excluding ortho intramolecular Hbond substituents is 1. The zero-order chi connectivity index (χ0) is 34.9. The summed E-state index contributed by atoms with van der Waals surface area (Å²) in [6, 6.07) is 38.6. The predicted molar refractivity (Wildman–Crippen MR) is 201 cm³/mol. The van der Waals surface area contributed by atoms with Gasteiger partial charge >= 0.3 is 0 Å². The van der Waals surface area contributed by atoms with Gasteiger partial charge in [0.1, 0.15) is 18.1 Å². The summed E-state index contributed by atoms with van der Waals surface area (Å²) in [7, 11) is 0. The van der Waals surface area contributed by atoms with E-state index in [-0.39, 0.29) is 29.6 Å². The highest BCUT2D eigenvalue weighted by molar-refractivity contribution is 6.22. The van der Waals surface area contributed by atoms with E-state index in [1.54, 1.807) is 6.07 Å². The molecule has 51 heavy (non-hydrogen) atoms. The molecule has 256 valence electrons. The van der Waals surface area contributed by atoms with Gasteiger partial charge in [0.15, 0.2) is 0 Å². The Labute approximate surface area is 297 Å². The lowest BCUT2D eigenvalue weighted by Gasteiger charge is -2.31. The second-order valence-electron chi connectivity index (χ2n) is 13.7. The van der Waals surface area contributed by atoms with Crippen LogP contribution in [0.1, 0.15) is 31.7 Å². The van der Waals surface area contributed by atoms with Crippen molar-refractivity contribution in [3.63, 3.8) is 0 Å². The first-order chi connectivity index (χ1) is 24.9. The summed E-state index contributed by atoms with van der Waals surface area (Å²) in [4.78, 5) is 29.7. The molecule has 2 N–H and O–H groups in total. The molecule has 3 aliphatic rings. The number of nitrogens with one attached hydrogen (secondary N) is 1. The lowest BCUT2D eigenvalue weighted by atomic mass is 9.69. The van der Waals surface area contributed by atoms with Gasteiger partial charge in [0.25, 0.3) is 0 Å². The van der Waals surface area contributed by atoms with Gasteiger partial charge in [-0.1, -0.05) is 78.4 Å². The lowest BCUT2D eigenvalue weighted by molar-refractivity contribution is -0.122. The molecule has 2 saturated heterocycles. The first-order valence-electron chi connectivity index (χ1n) is 17.6. The minimum Gasteiger partial charge on any atom is -0.507 e. The number of anilines is 3. The Morgan fingerprint density at radius 1 is 0.824 bits per heavy atom. The fraction of sp³-hybridized carbons (Fsp3) is 0.227. The number of allylic oxidation sites excluding steroid dienone is 1. The van der Waals surface area contributed by atoms with Crippen LogP contribution in [0.2, 0.25) is 0 Å². The third-order valence-corrected chi connectivity index (χ3v) is 10.5. The Morgan fingerprint density at radius 3 is 2.27 bits per heavy atom. The van der Waals surface area contributed by atoms with Gasteiger partial charge in [-0.3, -0.25) is 14.5 Å². The molecule has 7 heteroatoms. The summed E-state index contributed by atoms with van der Waals surface area (Å²) in [5, 5.41) is 15.6. The molecule has 0 bridgehead atoms. The molecule has 0 spiro atoms. The van der Waals surface area contributed by atoms with E-state index in [0.29, 0.717) is 25.3 Å². The van der Waals surface area contributed by atoms with Crippen LogP contribution in [0.4, 0.5) is 17.1 Å². The Bertz CT molecular complexity index is 2140. The van der Waals surface area contributed by atoms with Crippen molar-refractivity contribution in [1.29, 1.82) is 0 Å². The number of benzene rings is 5. The Morgan fingerprint density at radius 2 is 1.51 bits per heavy atom. The SMILES string of the molecule is C/C(=C\c1ccc(O)c2ccccc12)CC[C@H]1OC[C@H]2C1=C(COc1ccccc1)C[C@H]1C(=O)N(c3ccc(Nc4ccccc4)cc3)C(=O)[C@H]12. The fourth-order valence-corrected chi connectivity index (χ4v) is 8.06. The number of carbonyl (C=O) groups excluding carboxylic acids is 2. The van der Waals surface area contributed by atoms with E-state index in [0.717, 1.165) is 57.4 Å². The number of ether oxygens (including phenoxy) is 2. The minimum atomic E-state index is -0.472. The molecule has 8 rings (SSSR count). The largest absolute Gasteiger partial charge is 0.507 e. The number of phenols is 1. The predicted octanol–water partition coefficient (Wildman–Crippen LogP) is 9.07. The number of fused-ring (bicyclic) bond motifs is 4. The quantitative estimate of drug-likeness (QED) is 0.113. The number of aromatic hydroxyl groups is 1. The summed E-state index contributed by atoms with van der Waals surface area (Å²) >= 11 is 0. The molecule has 0 unspecified atom stereocenters. The van der Waals surface area contributed by atoms with E-state index in [2.05, 4.69) is 18.3 Å². The number of para-hydroxylation sites is 2. The molecule has 2 fully saturated rings. The Kier molecular flexibility index (Phi) is 8.88. The maximum Gasteiger partial charge on any atom is 0.238 e. The van der Waals surface area contributed by atoms with Gasteiger partial charge in [0, 0.05) is 22.7 Å². The van der Waals surface area contributed by atoms with Crippen molar-refractivity contribution in [1.82, 2.24) is 0 Å². The Balaban J connectivity index is 1.04. The number of carbonyl (C=O) groups is 2. The van der Waals surface area contributed by atoms with E-state index < -0.39 is 11.8 Å². The molecular weight excluding hydrogens is 636 g/mol. The van der Waals surface area contributed by atoms with Gasteiger partial charge in [-0.05, 0) is 103 Å². The average Bonchev–Trinajstić information content (AvgIpc) is 3.70. The molecule has 0 radical (unpaired) electrons. The van der Waals surface area contributed by atoms with Crippen LogP contribution >= 0.6 is 0 Å². The van der Waals surface area contributed by atoms with Crippen molar-refractivity contribution in [3.8, 4) is 11.5 Å². The highest BCUT2D eigenvalue weighted by Crippen LogP contribution is 2.50. The van der Waals surface area contributed by atoms with Gasteiger partial charge in [-0.2, -0.15) is 0 Å². The third kappa shape index (κ3) is 6.41. The van der Waals surface area contributed by atoms with E-state index >= 15 is 0 Å². The summed E-state index contributed by atoms with van der Waals surface area (Å²) in [6.07, 6.45) is 4.01. The number of imide groups is 1. The summed E-state index contributed by atoms with van der Waals surface area (Å²) in [5.41, 5.74) is 6.85. The normalized spacial score (nSPS) is 21.6. The molecule has 5 aromatic carbocycles. The molecular formula is C44H40N2O5. The van der Waals surface area contributed by atoms with Crippen LogP contribution in [0, 0.1) is 17.8 Å². The van der Waals surface area contributed by atoms with Crippen molar-refractivity contribution in [3.05, 3.63) is 144 Å². The van der Waals surface area contributed by atoms with Crippen molar-refractivity contribution in [2.45, 2.75) is 32.3 Å². The Hall–Kier alpha value is -5.66. The summed E-state index contributed by atoms with van der Waals surface area (Å²) in [5.74, 6) is -0.399. The van der Waals surface area contributed by atoms with Crippen molar-refractivity contribution in [2.75, 3.05) is 23.4 Å². The van der Waals surface area contributed by atoms with Gasteiger partial charge < -0.3 is 19.9 Å². The summed E-state index contributed by atoms with van der Waals surface area (Å²) in [6.45, 7) is 2.86. The molecule has 1 aliphatic carbocycles. The third-order valence-electron chi connectivity index (χ3n) is 10.5. The smallest absolute Gasteiger partial charge is 0.238 e. The van der Waals surface area contributed by atoms with E-state index in [1.165, 1.54) is 10.5 Å². The second kappa shape index (κ2) is 13.9. The topological polar surface area (TPSA) is 88.1 Å². The first-order valence-corrected chi connectivity index (χ1v) is 17.6. The van der Waals surface area contributed by atoms with Gasteiger partial charge in [-0.25, -0.2) is 0 Å². The molecule has 4 atom stereocenters. The summed E-state index contributed by atoms with van der Waals surface area (Å²) < 4.78 is 12.8. The number of hydrogen-bond acceptors (Lipinski definition) is 6. The number of rotatable bonds is 10. The van der Waals surface area contributed by atoms with Gasteiger partial charge in [0.2, 0.25) is 11.8 Å².